The summed E-state index contributed by atoms with van der Waals surface area (Å²) in [4.78, 5) is 3.78. The molecule has 0 unspecified atom stereocenters. The van der Waals surface area contributed by atoms with Gasteiger partial charge in [0.2, 0.25) is 0 Å². The topological polar surface area (TPSA) is 71.8 Å². The second kappa shape index (κ2) is 21.1. The van der Waals surface area contributed by atoms with E-state index in [1.54, 1.807) is 50.9 Å². The summed E-state index contributed by atoms with van der Waals surface area (Å²) < 4.78 is 10.9. The van der Waals surface area contributed by atoms with E-state index in [1.165, 1.54) is 75.8 Å². The molecule has 0 bridgehead atoms. The number of fused-ring (bicyclic) bond motifs is 12. The number of benzene rings is 12. The summed E-state index contributed by atoms with van der Waals surface area (Å²) in [7, 11) is 3.42. The van der Waals surface area contributed by atoms with Crippen molar-refractivity contribution in [3.8, 4) is 67.5 Å². The molecule has 0 amide bonds. The monoisotopic (exact) mass is 967 g/mol. The van der Waals surface area contributed by atoms with Gasteiger partial charge >= 0.3 is 0 Å². The van der Waals surface area contributed by atoms with Crippen molar-refractivity contribution >= 4 is 77.0 Å². The van der Waals surface area contributed by atoms with E-state index in [0.717, 1.165) is 44.9 Å². The van der Waals surface area contributed by atoms with Crippen LogP contribution in [0.3, 0.4) is 0 Å². The van der Waals surface area contributed by atoms with Crippen molar-refractivity contribution in [3.05, 3.63) is 249 Å². The number of aromatic hydroxyl groups is 2. The first-order chi connectivity index (χ1) is 35.4. The van der Waals surface area contributed by atoms with Crippen LogP contribution in [0.1, 0.15) is 0 Å². The van der Waals surface area contributed by atoms with Crippen molar-refractivity contribution in [2.45, 2.75) is 0 Å². The summed E-state index contributed by atoms with van der Waals surface area (Å²) in [5.41, 5.74) is 8.73. The number of rotatable bonds is 6. The molecule has 0 fully saturated rings. The van der Waals surface area contributed by atoms with Gasteiger partial charge in [-0.3, -0.25) is 4.98 Å². The first kappa shape index (κ1) is 47.5. The summed E-state index contributed by atoms with van der Waals surface area (Å²) in [5, 5.41) is 34.7. The average Bonchev–Trinajstić information content (AvgIpc) is 3.45. The lowest BCUT2D eigenvalue weighted by Crippen LogP contribution is -1.88. The van der Waals surface area contributed by atoms with Crippen LogP contribution in [0.2, 0.25) is 0 Å². The number of ether oxygens (including phenoxy) is 2. The van der Waals surface area contributed by atoms with E-state index in [-0.39, 0.29) is 23.9 Å². The zero-order valence-electron chi connectivity index (χ0n) is 40.2. The van der Waals surface area contributed by atoms with Crippen LogP contribution in [0.4, 0.5) is 0 Å². The molecule has 0 saturated carbocycles. The molecule has 1 heterocycles. The molecule has 0 radical (unpaired) electrons. The fourth-order valence-electron chi connectivity index (χ4n) is 9.92. The highest BCUT2D eigenvalue weighted by Gasteiger charge is 2.14. The van der Waals surface area contributed by atoms with E-state index >= 15 is 0 Å². The second-order valence-electron chi connectivity index (χ2n) is 17.7. The SMILES string of the molecule is COc1cccc(-c2ccc3c4ccccc4c4ccc(-c5cccc(OC)c5)cc4c3c2)c1.Cl.Oc1cccc(-c2ccc3c4ccccc4c4ccc(-c5cccc(O)c5)cc4c3c2)c1.c1ccncc1. The van der Waals surface area contributed by atoms with Gasteiger partial charge in [0.1, 0.15) is 23.0 Å². The quantitative estimate of drug-likeness (QED) is 0.162. The van der Waals surface area contributed by atoms with Gasteiger partial charge in [-0.05, 0) is 194 Å². The Morgan fingerprint density at radius 3 is 0.822 bits per heavy atom. The molecule has 6 heteroatoms. The molecule has 5 nitrogen and oxygen atoms in total. The minimum Gasteiger partial charge on any atom is -0.508 e. The van der Waals surface area contributed by atoms with Crippen LogP contribution in [0.5, 0.6) is 23.0 Å². The minimum atomic E-state index is 0. The number of methoxy groups -OCH3 is 2. The Morgan fingerprint density at radius 1 is 0.260 bits per heavy atom. The Bertz CT molecular complexity index is 3840. The zero-order chi connectivity index (χ0) is 49.0. The Hall–Kier alpha value is -9.16. The summed E-state index contributed by atoms with van der Waals surface area (Å²) in [6.07, 6.45) is 3.50. The van der Waals surface area contributed by atoms with Gasteiger partial charge in [0.05, 0.1) is 14.2 Å². The molecule has 0 aliphatic heterocycles. The zero-order valence-corrected chi connectivity index (χ0v) is 41.1. The highest BCUT2D eigenvalue weighted by atomic mass is 35.5. The third-order valence-corrected chi connectivity index (χ3v) is 13.4. The molecule has 0 spiro atoms. The average molecular weight is 969 g/mol. The maximum absolute atomic E-state index is 9.97. The molecule has 13 rings (SSSR count). The first-order valence-electron chi connectivity index (χ1n) is 23.9. The molecule has 12 aromatic carbocycles. The lowest BCUT2D eigenvalue weighted by molar-refractivity contribution is 0.415. The van der Waals surface area contributed by atoms with Gasteiger partial charge in [0, 0.05) is 12.4 Å². The molecule has 73 heavy (non-hydrogen) atoms. The van der Waals surface area contributed by atoms with E-state index in [4.69, 9.17) is 9.47 Å². The summed E-state index contributed by atoms with van der Waals surface area (Å²) in [6.45, 7) is 0. The van der Waals surface area contributed by atoms with Crippen LogP contribution >= 0.6 is 12.4 Å². The molecule has 1 aromatic heterocycles. The normalized spacial score (nSPS) is 10.9. The van der Waals surface area contributed by atoms with Gasteiger partial charge in [-0.1, -0.05) is 152 Å². The number of phenols is 2. The van der Waals surface area contributed by atoms with Crippen molar-refractivity contribution < 1.29 is 19.7 Å². The Balaban J connectivity index is 0.000000148. The van der Waals surface area contributed by atoms with Gasteiger partial charge < -0.3 is 19.7 Å². The van der Waals surface area contributed by atoms with Crippen molar-refractivity contribution in [2.75, 3.05) is 14.2 Å². The van der Waals surface area contributed by atoms with Crippen LogP contribution in [0.15, 0.2) is 249 Å². The smallest absolute Gasteiger partial charge is 0.119 e. The Labute approximate surface area is 430 Å². The van der Waals surface area contributed by atoms with Crippen molar-refractivity contribution in [1.29, 1.82) is 0 Å². The van der Waals surface area contributed by atoms with Gasteiger partial charge in [-0.15, -0.1) is 12.4 Å². The van der Waals surface area contributed by atoms with Crippen LogP contribution in [0, 0.1) is 0 Å². The molecule has 0 aliphatic carbocycles. The van der Waals surface area contributed by atoms with Crippen LogP contribution in [0.25, 0.3) is 109 Å². The summed E-state index contributed by atoms with van der Waals surface area (Å²) in [6, 6.07) is 80.7. The predicted octanol–water partition coefficient (Wildman–Crippen LogP) is 17.9. The second-order valence-corrected chi connectivity index (χ2v) is 17.7. The van der Waals surface area contributed by atoms with Crippen LogP contribution in [-0.4, -0.2) is 29.4 Å². The van der Waals surface area contributed by atoms with Gasteiger partial charge in [0.25, 0.3) is 0 Å². The third-order valence-electron chi connectivity index (χ3n) is 13.4. The van der Waals surface area contributed by atoms with Gasteiger partial charge in [0.15, 0.2) is 0 Å². The molecular formula is C67H50ClNO4. The lowest BCUT2D eigenvalue weighted by atomic mass is 9.90. The van der Waals surface area contributed by atoms with Crippen LogP contribution < -0.4 is 9.47 Å². The standard InChI is InChI=1S/C32H24O2.C30H20O2.C5H5N.ClH/c1-33-25-9-5-7-21(17-25)23-13-15-29-27-11-3-4-12-28(27)30-16-14-24(20-32(30)31(29)19-23)22-8-6-10-26(18-22)34-2;31-23-7-3-5-19(15-23)21-11-13-27-25-9-1-2-10-26(25)28-14-12-22(18-30(28)29(27)17-21)20-6-4-8-24(32)16-20;1-2-4-6-5-3-1;/h3-20H,1-2H3;1-18,31-32H;1-5H;1H. The van der Waals surface area contributed by atoms with Crippen molar-refractivity contribution in [2.24, 2.45) is 0 Å². The predicted molar refractivity (Wildman–Crippen MR) is 308 cm³/mol. The number of nitrogens with zero attached hydrogens (tertiary/aromatic N) is 1. The number of halogens is 1. The van der Waals surface area contributed by atoms with Gasteiger partial charge in [-0.2, -0.15) is 0 Å². The Kier molecular flexibility index (Phi) is 13.7. The number of hydrogen-bond acceptors (Lipinski definition) is 5. The first-order valence-corrected chi connectivity index (χ1v) is 23.9. The largest absolute Gasteiger partial charge is 0.508 e. The number of aromatic nitrogens is 1. The van der Waals surface area contributed by atoms with E-state index in [1.807, 2.05) is 66.7 Å². The van der Waals surface area contributed by atoms with Gasteiger partial charge in [-0.25, -0.2) is 0 Å². The molecule has 0 aliphatic rings. The lowest BCUT2D eigenvalue weighted by Gasteiger charge is -2.14. The van der Waals surface area contributed by atoms with Crippen LogP contribution in [-0.2, 0) is 0 Å². The fourth-order valence-corrected chi connectivity index (χ4v) is 9.92. The molecule has 13 aromatic rings. The summed E-state index contributed by atoms with van der Waals surface area (Å²) >= 11 is 0. The number of phenolic OH excluding ortho intramolecular Hbond substituents is 2. The fraction of sp³-hybridized carbons (Fsp3) is 0.0299. The molecule has 2 N–H and O–H groups in total. The maximum atomic E-state index is 9.97. The molecule has 354 valence electrons. The molecule has 0 saturated heterocycles. The highest BCUT2D eigenvalue weighted by molar-refractivity contribution is 6.27. The highest BCUT2D eigenvalue weighted by Crippen LogP contribution is 2.41. The van der Waals surface area contributed by atoms with E-state index in [9.17, 15) is 10.2 Å². The van der Waals surface area contributed by atoms with E-state index in [0.29, 0.717) is 0 Å². The molecular weight excluding hydrogens is 918 g/mol. The molecule has 0 atom stereocenters. The Morgan fingerprint density at radius 2 is 0.548 bits per heavy atom. The van der Waals surface area contributed by atoms with E-state index < -0.39 is 0 Å². The maximum Gasteiger partial charge on any atom is 0.119 e. The number of hydrogen-bond donors (Lipinski definition) is 2. The minimum absolute atomic E-state index is 0. The van der Waals surface area contributed by atoms with Crippen molar-refractivity contribution in [1.82, 2.24) is 4.98 Å². The summed E-state index contributed by atoms with van der Waals surface area (Å²) in [5.74, 6) is 2.25. The van der Waals surface area contributed by atoms with Crippen molar-refractivity contribution in [3.63, 3.8) is 0 Å². The van der Waals surface area contributed by atoms with E-state index in [2.05, 4.69) is 151 Å². The third kappa shape index (κ3) is 9.70. The number of pyridine rings is 1.